The lowest BCUT2D eigenvalue weighted by Gasteiger charge is -2.18. The van der Waals surface area contributed by atoms with E-state index in [9.17, 15) is 0 Å². The molecule has 210 valence electrons. The molecule has 0 spiro atoms. The number of nitrogens with zero attached hydrogens (tertiary/aromatic N) is 2. The van der Waals surface area contributed by atoms with Crippen molar-refractivity contribution in [2.24, 2.45) is 0 Å². The van der Waals surface area contributed by atoms with Gasteiger partial charge in [-0.1, -0.05) is 139 Å². The first kappa shape index (κ1) is 20.8. The molecule has 8 aromatic carbocycles. The monoisotopic (exact) mass is 577 g/mol. The Labute approximate surface area is 268 Å². The topological polar surface area (TPSA) is 17.8 Å². The molecule has 0 radical (unpaired) electrons. The van der Waals surface area contributed by atoms with Gasteiger partial charge in [-0.2, -0.15) is 0 Å². The van der Waals surface area contributed by atoms with Gasteiger partial charge in [0.2, 0.25) is 0 Å². The molecule has 2 nitrogen and oxygen atoms in total. The number of rotatable bonds is 4. The second-order valence-electron chi connectivity index (χ2n) is 11.2. The van der Waals surface area contributed by atoms with E-state index < -0.39 is 6.04 Å². The quantitative estimate of drug-likeness (QED) is 0.190. The van der Waals surface area contributed by atoms with Crippen LogP contribution in [0.15, 0.2) is 170 Å². The van der Waals surface area contributed by atoms with Crippen LogP contribution in [-0.4, -0.2) is 9.55 Å². The molecule has 0 amide bonds. The van der Waals surface area contributed by atoms with Crippen molar-refractivity contribution in [2.75, 3.05) is 0 Å². The molecule has 2 heteroatoms. The molecule has 0 unspecified atom stereocenters. The summed E-state index contributed by atoms with van der Waals surface area (Å²) in [6.07, 6.45) is 0. The number of aromatic nitrogens is 2. The summed E-state index contributed by atoms with van der Waals surface area (Å²) in [4.78, 5) is 4.81. The minimum atomic E-state index is -0.429. The van der Waals surface area contributed by atoms with E-state index in [1.54, 1.807) is 0 Å². The van der Waals surface area contributed by atoms with Crippen LogP contribution in [0.4, 0.5) is 0 Å². The lowest BCUT2D eigenvalue weighted by atomic mass is 9.85. The Hall–Kier alpha value is -5.99. The standard InChI is InChI=1S/C43H28N2/c1-2-13-31(14-3-1)43-44-39-20-10-11-21-40(39)45(43)34-26-24-30(25-27-34)41-35-16-6-8-18-37(35)42(38-19-9-7-17-36(38)41)33-23-22-29-12-4-5-15-32(29)28-33/h1-28H/i1D,2D,3D,13D,14D. The van der Waals surface area contributed by atoms with Gasteiger partial charge in [-0.3, -0.25) is 4.57 Å². The molecular weight excluding hydrogens is 544 g/mol. The third-order valence-corrected chi connectivity index (χ3v) is 8.67. The Morgan fingerprint density at radius 1 is 0.467 bits per heavy atom. The maximum Gasteiger partial charge on any atom is 0.145 e. The van der Waals surface area contributed by atoms with Crippen LogP contribution in [0, 0.1) is 0 Å². The molecule has 1 aromatic heterocycles. The van der Waals surface area contributed by atoms with Crippen molar-refractivity contribution in [2.45, 2.75) is 0 Å². The van der Waals surface area contributed by atoms with Crippen molar-refractivity contribution in [3.63, 3.8) is 0 Å². The van der Waals surface area contributed by atoms with Crippen LogP contribution in [0.1, 0.15) is 6.85 Å². The minimum Gasteiger partial charge on any atom is -0.292 e. The van der Waals surface area contributed by atoms with E-state index in [2.05, 4.69) is 103 Å². The van der Waals surface area contributed by atoms with E-state index in [1.807, 2.05) is 41.0 Å². The normalized spacial score (nSPS) is 13.1. The second kappa shape index (κ2) is 10.3. The summed E-state index contributed by atoms with van der Waals surface area (Å²) in [5, 5.41) is 7.05. The Balaban J connectivity index is 1.26. The summed E-state index contributed by atoms with van der Waals surface area (Å²) in [5.74, 6) is 0.298. The summed E-state index contributed by atoms with van der Waals surface area (Å²) in [5.41, 5.74) is 6.83. The average molecular weight is 578 g/mol. The van der Waals surface area contributed by atoms with Gasteiger partial charge in [0.1, 0.15) is 5.82 Å². The van der Waals surface area contributed by atoms with Crippen molar-refractivity contribution in [1.82, 2.24) is 9.55 Å². The van der Waals surface area contributed by atoms with E-state index in [1.165, 1.54) is 32.7 Å². The fraction of sp³-hybridized carbons (Fsp3) is 0. The molecular formula is C43H28N2. The zero-order chi connectivity index (χ0) is 34.1. The van der Waals surface area contributed by atoms with Crippen molar-refractivity contribution < 1.29 is 6.85 Å². The van der Waals surface area contributed by atoms with Gasteiger partial charge in [0.25, 0.3) is 0 Å². The number of benzene rings is 8. The van der Waals surface area contributed by atoms with Crippen LogP contribution in [0.3, 0.4) is 0 Å². The number of hydrogen-bond acceptors (Lipinski definition) is 1. The van der Waals surface area contributed by atoms with E-state index >= 15 is 0 Å². The van der Waals surface area contributed by atoms with Gasteiger partial charge in [-0.05, 0) is 84.9 Å². The van der Waals surface area contributed by atoms with Gasteiger partial charge < -0.3 is 0 Å². The zero-order valence-corrected chi connectivity index (χ0v) is 24.2. The lowest BCUT2D eigenvalue weighted by Crippen LogP contribution is -1.97. The van der Waals surface area contributed by atoms with Gasteiger partial charge in [0.05, 0.1) is 17.9 Å². The van der Waals surface area contributed by atoms with Gasteiger partial charge in [-0.25, -0.2) is 4.98 Å². The molecule has 0 N–H and O–H groups in total. The molecule has 0 aliphatic carbocycles. The molecule has 0 saturated carbocycles. The largest absolute Gasteiger partial charge is 0.292 e. The summed E-state index contributed by atoms with van der Waals surface area (Å²) in [6, 6.07) is 46.3. The Kier molecular flexibility index (Phi) is 4.78. The first-order chi connectivity index (χ1) is 24.4. The first-order valence-electron chi connectivity index (χ1n) is 17.5. The van der Waals surface area contributed by atoms with Gasteiger partial charge in [0.15, 0.2) is 0 Å². The van der Waals surface area contributed by atoms with Crippen LogP contribution < -0.4 is 0 Å². The Bertz CT molecular complexity index is 2730. The summed E-state index contributed by atoms with van der Waals surface area (Å²) < 4.78 is 44.0. The zero-order valence-electron chi connectivity index (χ0n) is 29.2. The van der Waals surface area contributed by atoms with Crippen molar-refractivity contribution in [3.8, 4) is 39.3 Å². The predicted octanol–water partition coefficient (Wildman–Crippen LogP) is 11.5. The van der Waals surface area contributed by atoms with Crippen LogP contribution in [0.5, 0.6) is 0 Å². The lowest BCUT2D eigenvalue weighted by molar-refractivity contribution is 1.10. The molecule has 0 fully saturated rings. The first-order valence-corrected chi connectivity index (χ1v) is 15.0. The van der Waals surface area contributed by atoms with Gasteiger partial charge in [0, 0.05) is 11.3 Å². The number of fused-ring (bicyclic) bond motifs is 4. The van der Waals surface area contributed by atoms with E-state index in [0.29, 0.717) is 11.3 Å². The maximum atomic E-state index is 8.70. The fourth-order valence-electron chi connectivity index (χ4n) is 6.69. The van der Waals surface area contributed by atoms with Crippen molar-refractivity contribution in [3.05, 3.63) is 170 Å². The highest BCUT2D eigenvalue weighted by Gasteiger charge is 2.18. The average Bonchev–Trinajstić information content (AvgIpc) is 3.54. The minimum absolute atomic E-state index is 0.0672. The number of hydrogen-bond donors (Lipinski definition) is 0. The van der Waals surface area contributed by atoms with Gasteiger partial charge >= 0.3 is 0 Å². The molecule has 0 aliphatic heterocycles. The number of imidazole rings is 1. The molecule has 0 atom stereocenters. The van der Waals surface area contributed by atoms with Crippen molar-refractivity contribution >= 4 is 43.4 Å². The summed E-state index contributed by atoms with van der Waals surface area (Å²) >= 11 is 0. The predicted molar refractivity (Wildman–Crippen MR) is 190 cm³/mol. The fourth-order valence-corrected chi connectivity index (χ4v) is 6.69. The summed E-state index contributed by atoms with van der Waals surface area (Å²) in [6.45, 7) is 0. The molecule has 0 aliphatic rings. The molecule has 9 rings (SSSR count). The summed E-state index contributed by atoms with van der Waals surface area (Å²) in [7, 11) is 0. The van der Waals surface area contributed by atoms with E-state index in [4.69, 9.17) is 11.8 Å². The second-order valence-corrected chi connectivity index (χ2v) is 11.2. The van der Waals surface area contributed by atoms with Crippen LogP contribution in [0.2, 0.25) is 0 Å². The van der Waals surface area contributed by atoms with Gasteiger partial charge in [-0.15, -0.1) is 0 Å². The smallest absolute Gasteiger partial charge is 0.145 e. The molecule has 1 heterocycles. The molecule has 45 heavy (non-hydrogen) atoms. The highest BCUT2D eigenvalue weighted by Crippen LogP contribution is 2.44. The van der Waals surface area contributed by atoms with Crippen LogP contribution in [-0.2, 0) is 0 Å². The van der Waals surface area contributed by atoms with Crippen LogP contribution in [0.25, 0.3) is 82.7 Å². The maximum absolute atomic E-state index is 8.70. The third-order valence-electron chi connectivity index (χ3n) is 8.67. The van der Waals surface area contributed by atoms with Crippen molar-refractivity contribution in [1.29, 1.82) is 0 Å². The Morgan fingerprint density at radius 2 is 1.02 bits per heavy atom. The number of para-hydroxylation sites is 2. The molecule has 0 bridgehead atoms. The van der Waals surface area contributed by atoms with Crippen LogP contribution >= 0.6 is 0 Å². The molecule has 0 saturated heterocycles. The highest BCUT2D eigenvalue weighted by molar-refractivity contribution is 6.21. The van der Waals surface area contributed by atoms with E-state index in [0.717, 1.165) is 33.1 Å². The SMILES string of the molecule is [2H]c1c([2H])c([2H])c(-c2nc3ccccc3n2-c2ccc(-c3c4ccccc4c(-c4ccc5ccccc5c4)c4ccccc34)cc2)c([2H])c1[2H]. The third kappa shape index (κ3) is 4.15. The highest BCUT2D eigenvalue weighted by atomic mass is 15.1. The molecule has 9 aromatic rings. The van der Waals surface area contributed by atoms with E-state index in [-0.39, 0.29) is 29.7 Å². The Morgan fingerprint density at radius 3 is 1.71 bits per heavy atom.